The summed E-state index contributed by atoms with van der Waals surface area (Å²) in [5.41, 5.74) is 2.26. The first-order valence-corrected chi connectivity index (χ1v) is 10.5. The third kappa shape index (κ3) is 5.37. The van der Waals surface area contributed by atoms with Crippen molar-refractivity contribution in [3.63, 3.8) is 0 Å². The number of rotatable bonds is 6. The highest BCUT2D eigenvalue weighted by Gasteiger charge is 2.13. The quantitative estimate of drug-likeness (QED) is 0.187. The number of halogens is 3. The molecule has 0 aliphatic carbocycles. The summed E-state index contributed by atoms with van der Waals surface area (Å²) in [5.74, 6) is 0.736. The van der Waals surface area contributed by atoms with Crippen LogP contribution in [0.5, 0.6) is 11.5 Å². The lowest BCUT2D eigenvalue weighted by Crippen LogP contribution is -2.00. The summed E-state index contributed by atoms with van der Waals surface area (Å²) >= 11 is 5.58. The lowest BCUT2D eigenvalue weighted by Gasteiger charge is -2.14. The van der Waals surface area contributed by atoms with Gasteiger partial charge in [-0.3, -0.25) is 0 Å². The van der Waals surface area contributed by atoms with Crippen LogP contribution in [0.4, 0.5) is 4.39 Å². The van der Waals surface area contributed by atoms with Crippen molar-refractivity contribution in [2.24, 2.45) is 0 Å². The average Bonchev–Trinajstić information content (AvgIpc) is 2.72. The van der Waals surface area contributed by atoms with Crippen LogP contribution in [-0.4, -0.2) is 7.11 Å². The zero-order valence-electron chi connectivity index (χ0n) is 15.5. The van der Waals surface area contributed by atoms with Crippen molar-refractivity contribution in [3.05, 3.63) is 91.2 Å². The third-order valence-corrected chi connectivity index (χ3v) is 5.47. The number of nitrogens with zero attached hydrogens (tertiary/aromatic N) is 1. The van der Waals surface area contributed by atoms with Crippen LogP contribution in [0, 0.1) is 20.7 Å². The molecule has 0 heterocycles. The van der Waals surface area contributed by atoms with E-state index in [-0.39, 0.29) is 11.1 Å². The van der Waals surface area contributed by atoms with Crippen LogP contribution < -0.4 is 9.47 Å². The van der Waals surface area contributed by atoms with Crippen LogP contribution in [0.1, 0.15) is 16.7 Å². The number of benzene rings is 3. The fraction of sp³-hybridized carbons (Fsp3) is 0.0870. The molecule has 3 aromatic rings. The third-order valence-electron chi connectivity index (χ3n) is 4.14. The molecule has 0 bridgehead atoms. The fourth-order valence-corrected chi connectivity index (χ4v) is 3.76. The molecule has 0 saturated carbocycles. The van der Waals surface area contributed by atoms with Gasteiger partial charge in [-0.05, 0) is 70.1 Å². The van der Waals surface area contributed by atoms with Gasteiger partial charge in [0.15, 0.2) is 11.5 Å². The van der Waals surface area contributed by atoms with Gasteiger partial charge in [0.2, 0.25) is 0 Å². The van der Waals surface area contributed by atoms with Gasteiger partial charge in [0.25, 0.3) is 0 Å². The maximum absolute atomic E-state index is 14.1. The number of hydrogen-bond donors (Lipinski definition) is 0. The SMILES string of the molecule is COc1cc(/C=C(/C#N)c2ccccc2F)cc(I)c1OCc1ccc(Br)cc1. The molecule has 0 aromatic heterocycles. The van der Waals surface area contributed by atoms with Gasteiger partial charge in [0.1, 0.15) is 12.4 Å². The van der Waals surface area contributed by atoms with Crippen LogP contribution in [0.2, 0.25) is 0 Å². The molecule has 0 aliphatic heterocycles. The molecule has 0 amide bonds. The van der Waals surface area contributed by atoms with Crippen LogP contribution in [-0.2, 0) is 6.61 Å². The highest BCUT2D eigenvalue weighted by molar-refractivity contribution is 14.1. The van der Waals surface area contributed by atoms with E-state index in [1.54, 1.807) is 37.5 Å². The van der Waals surface area contributed by atoms with Crippen molar-refractivity contribution < 1.29 is 13.9 Å². The summed E-state index contributed by atoms with van der Waals surface area (Å²) in [4.78, 5) is 0. The molecule has 3 rings (SSSR count). The summed E-state index contributed by atoms with van der Waals surface area (Å²) in [6, 6.07) is 19.8. The van der Waals surface area contributed by atoms with E-state index in [9.17, 15) is 9.65 Å². The molecular weight excluding hydrogens is 548 g/mol. The summed E-state index contributed by atoms with van der Waals surface area (Å²) in [6.45, 7) is 0.396. The molecule has 0 unspecified atom stereocenters. The van der Waals surface area contributed by atoms with E-state index >= 15 is 0 Å². The van der Waals surface area contributed by atoms with Crippen molar-refractivity contribution in [3.8, 4) is 17.6 Å². The van der Waals surface area contributed by atoms with Gasteiger partial charge in [-0.2, -0.15) is 5.26 Å². The molecule has 0 aliphatic rings. The second kappa shape index (κ2) is 9.90. The summed E-state index contributed by atoms with van der Waals surface area (Å²) in [6.07, 6.45) is 1.64. The van der Waals surface area contributed by atoms with Crippen molar-refractivity contribution in [1.29, 1.82) is 5.26 Å². The molecular formula is C23H16BrFINO2. The van der Waals surface area contributed by atoms with Crippen molar-refractivity contribution >= 4 is 50.2 Å². The predicted octanol–water partition coefficient (Wildman–Crippen LogP) is 6.84. The summed E-state index contributed by atoms with van der Waals surface area (Å²) in [7, 11) is 1.56. The number of ether oxygens (including phenoxy) is 2. The molecule has 0 saturated heterocycles. The van der Waals surface area contributed by atoms with Crippen LogP contribution >= 0.6 is 38.5 Å². The molecule has 146 valence electrons. The minimum atomic E-state index is -0.434. The first kappa shape index (κ1) is 21.3. The van der Waals surface area contributed by atoms with Crippen molar-refractivity contribution in [2.75, 3.05) is 7.11 Å². The van der Waals surface area contributed by atoms with Gasteiger partial charge in [-0.15, -0.1) is 0 Å². The van der Waals surface area contributed by atoms with Gasteiger partial charge in [0, 0.05) is 10.0 Å². The van der Waals surface area contributed by atoms with E-state index in [1.807, 2.05) is 30.3 Å². The second-order valence-corrected chi connectivity index (χ2v) is 8.18. The molecule has 0 fully saturated rings. The second-order valence-electron chi connectivity index (χ2n) is 6.10. The smallest absolute Gasteiger partial charge is 0.174 e. The lowest BCUT2D eigenvalue weighted by atomic mass is 10.0. The van der Waals surface area contributed by atoms with E-state index in [1.165, 1.54) is 6.07 Å². The topological polar surface area (TPSA) is 42.2 Å². The van der Waals surface area contributed by atoms with E-state index in [0.29, 0.717) is 18.1 Å². The molecule has 0 spiro atoms. The Morgan fingerprint density at radius 1 is 1.17 bits per heavy atom. The predicted molar refractivity (Wildman–Crippen MR) is 124 cm³/mol. The van der Waals surface area contributed by atoms with Crippen LogP contribution in [0.3, 0.4) is 0 Å². The maximum atomic E-state index is 14.1. The van der Waals surface area contributed by atoms with E-state index in [2.05, 4.69) is 44.6 Å². The zero-order chi connectivity index (χ0) is 20.8. The van der Waals surface area contributed by atoms with Gasteiger partial charge >= 0.3 is 0 Å². The minimum absolute atomic E-state index is 0.240. The van der Waals surface area contributed by atoms with Gasteiger partial charge < -0.3 is 9.47 Å². The highest BCUT2D eigenvalue weighted by atomic mass is 127. The number of hydrogen-bond acceptors (Lipinski definition) is 3. The minimum Gasteiger partial charge on any atom is -0.493 e. The Morgan fingerprint density at radius 2 is 1.90 bits per heavy atom. The fourth-order valence-electron chi connectivity index (χ4n) is 2.72. The molecule has 29 heavy (non-hydrogen) atoms. The first-order chi connectivity index (χ1) is 14.0. The lowest BCUT2D eigenvalue weighted by molar-refractivity contribution is 0.282. The van der Waals surface area contributed by atoms with Crippen molar-refractivity contribution in [2.45, 2.75) is 6.61 Å². The number of methoxy groups -OCH3 is 1. The Labute approximate surface area is 191 Å². The number of allylic oxidation sites excluding steroid dienone is 1. The van der Waals surface area contributed by atoms with E-state index in [4.69, 9.17) is 9.47 Å². The standard InChI is InChI=1S/C23H16BrFINO2/c1-28-22-12-16(10-17(13-27)19-4-2-3-5-20(19)25)11-21(26)23(22)29-14-15-6-8-18(24)9-7-15/h2-12H,14H2,1H3/b17-10-. The molecule has 3 aromatic carbocycles. The Bertz CT molecular complexity index is 1090. The maximum Gasteiger partial charge on any atom is 0.174 e. The molecule has 6 heteroatoms. The Hall–Kier alpha value is -2.37. The van der Waals surface area contributed by atoms with Gasteiger partial charge in [-0.1, -0.05) is 46.3 Å². The zero-order valence-corrected chi connectivity index (χ0v) is 19.2. The summed E-state index contributed by atoms with van der Waals surface area (Å²) < 4.78 is 27.4. The Kier molecular flexibility index (Phi) is 7.29. The van der Waals surface area contributed by atoms with Crippen LogP contribution in [0.15, 0.2) is 65.1 Å². The summed E-state index contributed by atoms with van der Waals surface area (Å²) in [5, 5.41) is 9.50. The normalized spacial score (nSPS) is 11.1. The Balaban J connectivity index is 1.90. The molecule has 3 nitrogen and oxygen atoms in total. The molecule has 0 N–H and O–H groups in total. The Morgan fingerprint density at radius 3 is 2.55 bits per heavy atom. The van der Waals surface area contributed by atoms with Gasteiger partial charge in [0.05, 0.1) is 22.3 Å². The van der Waals surface area contributed by atoms with Crippen LogP contribution in [0.25, 0.3) is 11.6 Å². The van der Waals surface area contributed by atoms with E-state index < -0.39 is 5.82 Å². The number of nitriles is 1. The molecule has 0 radical (unpaired) electrons. The average molecular weight is 564 g/mol. The van der Waals surface area contributed by atoms with Gasteiger partial charge in [-0.25, -0.2) is 4.39 Å². The van der Waals surface area contributed by atoms with E-state index in [0.717, 1.165) is 19.2 Å². The highest BCUT2D eigenvalue weighted by Crippen LogP contribution is 2.36. The first-order valence-electron chi connectivity index (χ1n) is 8.63. The largest absolute Gasteiger partial charge is 0.493 e. The molecule has 0 atom stereocenters. The van der Waals surface area contributed by atoms with Crippen molar-refractivity contribution in [1.82, 2.24) is 0 Å². The monoisotopic (exact) mass is 563 g/mol.